The Kier molecular flexibility index (Phi) is 6.15. The highest BCUT2D eigenvalue weighted by atomic mass is 32.2. The zero-order valence-corrected chi connectivity index (χ0v) is 14.5. The maximum absolute atomic E-state index is 11.6. The van der Waals surface area contributed by atoms with Crippen LogP contribution in [0.1, 0.15) is 38.3 Å². The molecule has 2 rings (SSSR count). The molecule has 1 unspecified atom stereocenters. The highest BCUT2D eigenvalue weighted by Crippen LogP contribution is 2.17. The molecule has 4 nitrogen and oxygen atoms in total. The highest BCUT2D eigenvalue weighted by molar-refractivity contribution is 7.99. The summed E-state index contributed by atoms with van der Waals surface area (Å²) in [7, 11) is 0. The lowest BCUT2D eigenvalue weighted by Crippen LogP contribution is -2.32. The van der Waals surface area contributed by atoms with E-state index in [2.05, 4.69) is 34.9 Å². The first-order valence-electron chi connectivity index (χ1n) is 7.78. The lowest BCUT2D eigenvalue weighted by molar-refractivity contribution is 0.0523. The lowest BCUT2D eigenvalue weighted by atomic mass is 10.1. The molecular formula is C17H26N2O2S. The van der Waals surface area contributed by atoms with Crippen molar-refractivity contribution in [2.75, 3.05) is 11.5 Å². The Morgan fingerprint density at radius 3 is 2.41 bits per heavy atom. The van der Waals surface area contributed by atoms with E-state index >= 15 is 0 Å². The van der Waals surface area contributed by atoms with Crippen molar-refractivity contribution >= 4 is 17.9 Å². The summed E-state index contributed by atoms with van der Waals surface area (Å²) in [5.41, 5.74) is 1.89. The van der Waals surface area contributed by atoms with E-state index in [-0.39, 0.29) is 6.09 Å². The van der Waals surface area contributed by atoms with Crippen LogP contribution in [0, 0.1) is 0 Å². The number of amides is 1. The first-order chi connectivity index (χ1) is 10.4. The number of thioether (sulfide) groups is 1. The summed E-state index contributed by atoms with van der Waals surface area (Å²) in [6.45, 7) is 6.97. The number of ether oxygens (including phenoxy) is 1. The Morgan fingerprint density at radius 1 is 1.23 bits per heavy atom. The van der Waals surface area contributed by atoms with Gasteiger partial charge in [0, 0.05) is 24.9 Å². The Labute approximate surface area is 137 Å². The summed E-state index contributed by atoms with van der Waals surface area (Å²) < 4.78 is 5.22. The van der Waals surface area contributed by atoms with Gasteiger partial charge in [-0.15, -0.1) is 0 Å². The van der Waals surface area contributed by atoms with Crippen LogP contribution in [0.25, 0.3) is 0 Å². The number of rotatable bonds is 5. The molecule has 22 heavy (non-hydrogen) atoms. The monoisotopic (exact) mass is 322 g/mol. The third-order valence-corrected chi connectivity index (χ3v) is 4.55. The number of nitrogens with one attached hydrogen (secondary N) is 2. The lowest BCUT2D eigenvalue weighted by Gasteiger charge is -2.19. The molecule has 0 radical (unpaired) electrons. The van der Waals surface area contributed by atoms with Gasteiger partial charge in [0.25, 0.3) is 0 Å². The summed E-state index contributed by atoms with van der Waals surface area (Å²) in [4.78, 5) is 11.6. The molecule has 2 N–H and O–H groups in total. The molecule has 1 atom stereocenters. The third-order valence-electron chi connectivity index (χ3n) is 3.38. The fraction of sp³-hybridized carbons (Fsp3) is 0.588. The van der Waals surface area contributed by atoms with Gasteiger partial charge in [0.05, 0.1) is 0 Å². The van der Waals surface area contributed by atoms with Crippen LogP contribution < -0.4 is 10.6 Å². The number of benzene rings is 1. The zero-order valence-electron chi connectivity index (χ0n) is 13.6. The van der Waals surface area contributed by atoms with E-state index in [1.54, 1.807) is 0 Å². The van der Waals surface area contributed by atoms with Gasteiger partial charge in [0.2, 0.25) is 0 Å². The number of hydrogen-bond donors (Lipinski definition) is 2. The Morgan fingerprint density at radius 2 is 1.86 bits per heavy atom. The van der Waals surface area contributed by atoms with Crippen molar-refractivity contribution in [3.05, 3.63) is 35.4 Å². The van der Waals surface area contributed by atoms with Gasteiger partial charge in [-0.1, -0.05) is 24.3 Å². The Bertz CT molecular complexity index is 476. The van der Waals surface area contributed by atoms with E-state index < -0.39 is 5.60 Å². The molecule has 122 valence electrons. The quantitative estimate of drug-likeness (QED) is 0.873. The van der Waals surface area contributed by atoms with Crippen molar-refractivity contribution in [3.63, 3.8) is 0 Å². The molecule has 0 bridgehead atoms. The molecule has 0 spiro atoms. The molecule has 1 amide bonds. The van der Waals surface area contributed by atoms with E-state index in [4.69, 9.17) is 4.74 Å². The Balaban J connectivity index is 1.73. The second-order valence-electron chi connectivity index (χ2n) is 6.61. The molecule has 0 aromatic heterocycles. The van der Waals surface area contributed by atoms with Crippen LogP contribution in [-0.4, -0.2) is 29.2 Å². The van der Waals surface area contributed by atoms with Crippen molar-refractivity contribution in [1.82, 2.24) is 10.6 Å². The van der Waals surface area contributed by atoms with Gasteiger partial charge in [-0.3, -0.25) is 0 Å². The van der Waals surface area contributed by atoms with Crippen molar-refractivity contribution in [2.45, 2.75) is 51.9 Å². The van der Waals surface area contributed by atoms with E-state index in [0.29, 0.717) is 12.6 Å². The predicted molar refractivity (Wildman–Crippen MR) is 92.1 cm³/mol. The number of alkyl carbamates (subject to hydrolysis) is 1. The van der Waals surface area contributed by atoms with E-state index in [1.807, 2.05) is 32.5 Å². The third kappa shape index (κ3) is 6.28. The van der Waals surface area contributed by atoms with Gasteiger partial charge in [0.15, 0.2) is 0 Å². The van der Waals surface area contributed by atoms with Crippen molar-refractivity contribution in [3.8, 4) is 0 Å². The molecule has 1 heterocycles. The van der Waals surface area contributed by atoms with Crippen LogP contribution >= 0.6 is 11.8 Å². The SMILES string of the molecule is CC(C)(C)OC(=O)NCc1ccc(CNC2CCSC2)cc1. The number of carbonyl (C=O) groups is 1. The zero-order chi connectivity index (χ0) is 16.0. The fourth-order valence-corrected chi connectivity index (χ4v) is 3.41. The van der Waals surface area contributed by atoms with Gasteiger partial charge in [0.1, 0.15) is 5.60 Å². The smallest absolute Gasteiger partial charge is 0.407 e. The van der Waals surface area contributed by atoms with Crippen LogP contribution in [0.4, 0.5) is 4.79 Å². The van der Waals surface area contributed by atoms with Crippen LogP contribution in [0.2, 0.25) is 0 Å². The summed E-state index contributed by atoms with van der Waals surface area (Å²) in [6.07, 6.45) is 0.889. The molecule has 1 aromatic carbocycles. The minimum Gasteiger partial charge on any atom is -0.444 e. The van der Waals surface area contributed by atoms with Crippen LogP contribution in [0.15, 0.2) is 24.3 Å². The number of hydrogen-bond acceptors (Lipinski definition) is 4. The van der Waals surface area contributed by atoms with Gasteiger partial charge in [-0.2, -0.15) is 11.8 Å². The summed E-state index contributed by atoms with van der Waals surface area (Å²) in [5.74, 6) is 2.49. The summed E-state index contributed by atoms with van der Waals surface area (Å²) >= 11 is 2.02. The minimum atomic E-state index is -0.460. The molecule has 1 aliphatic heterocycles. The van der Waals surface area contributed by atoms with Crippen molar-refractivity contribution in [2.24, 2.45) is 0 Å². The second kappa shape index (κ2) is 7.88. The number of carbonyl (C=O) groups excluding carboxylic acids is 1. The molecule has 1 aliphatic rings. The van der Waals surface area contributed by atoms with Gasteiger partial charge in [-0.05, 0) is 44.1 Å². The molecule has 0 saturated carbocycles. The van der Waals surface area contributed by atoms with E-state index in [1.165, 1.54) is 23.5 Å². The maximum atomic E-state index is 11.6. The normalized spacial score (nSPS) is 18.2. The van der Waals surface area contributed by atoms with Crippen molar-refractivity contribution < 1.29 is 9.53 Å². The Hall–Kier alpha value is -1.20. The van der Waals surface area contributed by atoms with Gasteiger partial charge < -0.3 is 15.4 Å². The molecule has 1 fully saturated rings. The predicted octanol–water partition coefficient (Wildman–Crippen LogP) is 3.31. The largest absolute Gasteiger partial charge is 0.444 e. The van der Waals surface area contributed by atoms with E-state index in [0.717, 1.165) is 12.1 Å². The first kappa shape index (κ1) is 17.2. The topological polar surface area (TPSA) is 50.4 Å². The average Bonchev–Trinajstić information content (AvgIpc) is 2.95. The van der Waals surface area contributed by atoms with Crippen LogP contribution in [-0.2, 0) is 17.8 Å². The molecule has 0 aliphatic carbocycles. The molecule has 1 aromatic rings. The second-order valence-corrected chi connectivity index (χ2v) is 7.76. The van der Waals surface area contributed by atoms with Crippen LogP contribution in [0.3, 0.4) is 0 Å². The van der Waals surface area contributed by atoms with Crippen molar-refractivity contribution in [1.29, 1.82) is 0 Å². The standard InChI is InChI=1S/C17H26N2O2S/c1-17(2,3)21-16(20)19-11-14-6-4-13(5-7-14)10-18-15-8-9-22-12-15/h4-7,15,18H,8-12H2,1-3H3,(H,19,20). The molecular weight excluding hydrogens is 296 g/mol. The van der Waals surface area contributed by atoms with Gasteiger partial charge in [-0.25, -0.2) is 4.79 Å². The first-order valence-corrected chi connectivity index (χ1v) is 8.94. The summed E-state index contributed by atoms with van der Waals surface area (Å²) in [6, 6.07) is 8.98. The molecule has 5 heteroatoms. The molecule has 1 saturated heterocycles. The maximum Gasteiger partial charge on any atom is 0.407 e. The highest BCUT2D eigenvalue weighted by Gasteiger charge is 2.16. The van der Waals surface area contributed by atoms with Gasteiger partial charge >= 0.3 is 6.09 Å². The minimum absolute atomic E-state index is 0.378. The summed E-state index contributed by atoms with van der Waals surface area (Å²) in [5, 5.41) is 6.35. The van der Waals surface area contributed by atoms with Crippen LogP contribution in [0.5, 0.6) is 0 Å². The fourth-order valence-electron chi connectivity index (χ4n) is 2.22. The van der Waals surface area contributed by atoms with E-state index in [9.17, 15) is 4.79 Å². The average molecular weight is 322 g/mol.